The maximum absolute atomic E-state index is 4.13. The number of hydrogen-bond donors (Lipinski definition) is 1. The molecule has 0 aliphatic heterocycles. The summed E-state index contributed by atoms with van der Waals surface area (Å²) < 4.78 is 0. The number of rotatable bonds is 1. The van der Waals surface area contributed by atoms with Gasteiger partial charge in [0.25, 0.3) is 0 Å². The van der Waals surface area contributed by atoms with E-state index in [2.05, 4.69) is 23.0 Å². The van der Waals surface area contributed by atoms with Gasteiger partial charge in [0.05, 0.1) is 5.69 Å². The molecule has 0 bridgehead atoms. The van der Waals surface area contributed by atoms with E-state index in [0.29, 0.717) is 0 Å². The third kappa shape index (κ3) is 0.907. The fourth-order valence-corrected chi connectivity index (χ4v) is 1.18. The van der Waals surface area contributed by atoms with Gasteiger partial charge in [-0.3, -0.25) is 5.10 Å². The molecule has 2 rings (SSSR count). The first-order chi connectivity index (χ1) is 5.42. The average molecular weight is 145 g/mol. The smallest absolute Gasteiger partial charge is 0.155 e. The lowest BCUT2D eigenvalue weighted by atomic mass is 10.0. The van der Waals surface area contributed by atoms with Gasteiger partial charge >= 0.3 is 0 Å². The number of fused-ring (bicyclic) bond motifs is 1. The molecule has 0 spiro atoms. The first-order valence-electron chi connectivity index (χ1n) is 3.70. The van der Waals surface area contributed by atoms with E-state index in [0.717, 1.165) is 23.0 Å². The normalized spacial score (nSPS) is 10.5. The molecule has 1 N–H and O–H groups in total. The Morgan fingerprint density at radius 2 is 2.45 bits per heavy atom. The van der Waals surface area contributed by atoms with Gasteiger partial charge in [0.1, 0.15) is 7.85 Å². The molecule has 11 heavy (non-hydrogen) atoms. The van der Waals surface area contributed by atoms with Crippen LogP contribution in [0.5, 0.6) is 0 Å². The minimum absolute atomic E-state index is 0.879. The van der Waals surface area contributed by atoms with Gasteiger partial charge < -0.3 is 0 Å². The lowest BCUT2D eigenvalue weighted by Gasteiger charge is -1.87. The van der Waals surface area contributed by atoms with Crippen molar-refractivity contribution in [2.24, 2.45) is 0 Å². The van der Waals surface area contributed by atoms with Crippen LogP contribution >= 0.6 is 0 Å². The fourth-order valence-electron chi connectivity index (χ4n) is 1.18. The van der Waals surface area contributed by atoms with E-state index in [-0.39, 0.29) is 0 Å². The molecule has 0 saturated carbocycles. The van der Waals surface area contributed by atoms with Crippen molar-refractivity contribution in [1.82, 2.24) is 15.2 Å². The third-order valence-electron chi connectivity index (χ3n) is 1.75. The summed E-state index contributed by atoms with van der Waals surface area (Å²) in [6, 6.07) is 3.96. The van der Waals surface area contributed by atoms with Crippen LogP contribution in [0.2, 0.25) is 0 Å². The second-order valence-corrected chi connectivity index (χ2v) is 2.42. The Morgan fingerprint density at radius 3 is 3.27 bits per heavy atom. The standard InChI is InChI=1S/C7H8BN3/c8-4-6-5-2-1-3-9-7(5)11-10-6/h1-3H,4,8H2,(H,9,10,11). The molecule has 0 saturated heterocycles. The van der Waals surface area contributed by atoms with E-state index in [4.69, 9.17) is 0 Å². The van der Waals surface area contributed by atoms with Crippen LogP contribution in [0.25, 0.3) is 11.0 Å². The number of pyridine rings is 1. The second kappa shape index (κ2) is 2.38. The lowest BCUT2D eigenvalue weighted by molar-refractivity contribution is 1.04. The zero-order valence-corrected chi connectivity index (χ0v) is 6.33. The highest BCUT2D eigenvalue weighted by molar-refractivity contribution is 6.09. The van der Waals surface area contributed by atoms with Gasteiger partial charge in [0.15, 0.2) is 5.65 Å². The molecule has 0 atom stereocenters. The van der Waals surface area contributed by atoms with Crippen LogP contribution in [0.15, 0.2) is 18.3 Å². The van der Waals surface area contributed by atoms with E-state index < -0.39 is 0 Å². The molecule has 2 heterocycles. The number of nitrogens with zero attached hydrogens (tertiary/aromatic N) is 2. The van der Waals surface area contributed by atoms with Gasteiger partial charge in [-0.1, -0.05) is 0 Å². The maximum atomic E-state index is 4.13. The molecular weight excluding hydrogens is 137 g/mol. The highest BCUT2D eigenvalue weighted by atomic mass is 15.1. The molecule has 0 aromatic carbocycles. The van der Waals surface area contributed by atoms with Crippen LogP contribution in [0.4, 0.5) is 0 Å². The predicted molar refractivity (Wildman–Crippen MR) is 46.1 cm³/mol. The van der Waals surface area contributed by atoms with Crippen molar-refractivity contribution in [2.45, 2.75) is 6.32 Å². The largest absolute Gasteiger partial charge is 0.261 e. The number of aromatic amines is 1. The molecule has 4 heteroatoms. The van der Waals surface area contributed by atoms with Crippen molar-refractivity contribution in [3.63, 3.8) is 0 Å². The summed E-state index contributed by atoms with van der Waals surface area (Å²) >= 11 is 0. The van der Waals surface area contributed by atoms with Gasteiger partial charge in [0, 0.05) is 11.6 Å². The number of H-pyrrole nitrogens is 1. The van der Waals surface area contributed by atoms with Gasteiger partial charge in [-0.2, -0.15) is 5.10 Å². The Hall–Kier alpha value is -1.32. The first-order valence-corrected chi connectivity index (χ1v) is 3.70. The molecule has 2 aromatic rings. The summed E-state index contributed by atoms with van der Waals surface area (Å²) in [5, 5.41) is 8.14. The average Bonchev–Trinajstić information content (AvgIpc) is 2.47. The molecule has 3 nitrogen and oxygen atoms in total. The van der Waals surface area contributed by atoms with Crippen LogP contribution in [0.1, 0.15) is 5.69 Å². The monoisotopic (exact) mass is 145 g/mol. The van der Waals surface area contributed by atoms with Crippen molar-refractivity contribution in [1.29, 1.82) is 0 Å². The summed E-state index contributed by atoms with van der Waals surface area (Å²) in [6.07, 6.45) is 2.71. The maximum Gasteiger partial charge on any atom is 0.155 e. The summed E-state index contributed by atoms with van der Waals surface area (Å²) in [6.45, 7) is 0. The number of aromatic nitrogens is 3. The van der Waals surface area contributed by atoms with Gasteiger partial charge in [-0.15, -0.1) is 0 Å². The van der Waals surface area contributed by atoms with Crippen molar-refractivity contribution in [3.05, 3.63) is 24.0 Å². The molecule has 54 valence electrons. The van der Waals surface area contributed by atoms with Crippen LogP contribution in [0.3, 0.4) is 0 Å². The van der Waals surface area contributed by atoms with Crippen molar-refractivity contribution >= 4 is 18.9 Å². The topological polar surface area (TPSA) is 41.6 Å². The van der Waals surface area contributed by atoms with Crippen molar-refractivity contribution in [2.75, 3.05) is 0 Å². The first kappa shape index (κ1) is 6.40. The zero-order valence-electron chi connectivity index (χ0n) is 6.33. The Kier molecular flexibility index (Phi) is 1.38. The summed E-state index contributed by atoms with van der Waals surface area (Å²) in [7, 11) is 2.09. The minimum atomic E-state index is 0.879. The van der Waals surface area contributed by atoms with Crippen LogP contribution in [-0.4, -0.2) is 23.0 Å². The quantitative estimate of drug-likeness (QED) is 0.577. The van der Waals surface area contributed by atoms with Gasteiger partial charge in [-0.05, 0) is 18.5 Å². The molecule has 0 aliphatic rings. The molecule has 0 unspecified atom stereocenters. The Bertz CT molecular complexity index is 368. The third-order valence-corrected chi connectivity index (χ3v) is 1.75. The highest BCUT2D eigenvalue weighted by Crippen LogP contribution is 2.11. The number of nitrogens with one attached hydrogen (secondary N) is 1. The molecule has 0 fully saturated rings. The lowest BCUT2D eigenvalue weighted by Crippen LogP contribution is -1.83. The van der Waals surface area contributed by atoms with E-state index in [1.54, 1.807) is 6.20 Å². The Balaban J connectivity index is 2.76. The molecule has 0 amide bonds. The minimum Gasteiger partial charge on any atom is -0.261 e. The molecule has 2 aromatic heterocycles. The van der Waals surface area contributed by atoms with Crippen LogP contribution < -0.4 is 0 Å². The summed E-state index contributed by atoms with van der Waals surface area (Å²) in [4.78, 5) is 4.13. The molecular formula is C7H8BN3. The number of hydrogen-bond acceptors (Lipinski definition) is 2. The molecule has 0 aliphatic carbocycles. The van der Waals surface area contributed by atoms with E-state index >= 15 is 0 Å². The fraction of sp³-hybridized carbons (Fsp3) is 0.143. The Labute approximate surface area is 65.2 Å². The van der Waals surface area contributed by atoms with E-state index in [1.165, 1.54) is 0 Å². The van der Waals surface area contributed by atoms with Gasteiger partial charge in [-0.25, -0.2) is 4.98 Å². The van der Waals surface area contributed by atoms with E-state index in [9.17, 15) is 0 Å². The predicted octanol–water partition coefficient (Wildman–Crippen LogP) is 0.0910. The van der Waals surface area contributed by atoms with E-state index in [1.807, 2.05) is 12.1 Å². The zero-order chi connectivity index (χ0) is 7.68. The second-order valence-electron chi connectivity index (χ2n) is 2.42. The summed E-state index contributed by atoms with van der Waals surface area (Å²) in [5.74, 6) is 0. The van der Waals surface area contributed by atoms with Crippen molar-refractivity contribution < 1.29 is 0 Å². The highest BCUT2D eigenvalue weighted by Gasteiger charge is 2.01. The van der Waals surface area contributed by atoms with Gasteiger partial charge in [0.2, 0.25) is 0 Å². The van der Waals surface area contributed by atoms with Crippen molar-refractivity contribution in [3.8, 4) is 0 Å². The SMILES string of the molecule is BCc1n[nH]c2ncccc12. The van der Waals surface area contributed by atoms with Crippen LogP contribution in [-0.2, 0) is 6.32 Å². The van der Waals surface area contributed by atoms with Crippen LogP contribution in [0, 0.1) is 0 Å². The molecule has 0 radical (unpaired) electrons. The summed E-state index contributed by atoms with van der Waals surface area (Å²) in [5.41, 5.74) is 1.97. The Morgan fingerprint density at radius 1 is 1.55 bits per heavy atom.